The summed E-state index contributed by atoms with van der Waals surface area (Å²) in [4.78, 5) is 10.6. The molecule has 0 saturated heterocycles. The van der Waals surface area contributed by atoms with Gasteiger partial charge in [0, 0.05) is 5.56 Å². The Morgan fingerprint density at radius 1 is 1.53 bits per heavy atom. The van der Waals surface area contributed by atoms with Gasteiger partial charge in [-0.25, -0.2) is 0 Å². The van der Waals surface area contributed by atoms with Gasteiger partial charge in [0.2, 0.25) is 0 Å². The third-order valence-electron chi connectivity index (χ3n) is 2.62. The van der Waals surface area contributed by atoms with Crippen molar-refractivity contribution in [3.8, 4) is 5.75 Å². The van der Waals surface area contributed by atoms with E-state index in [-0.39, 0.29) is 16.5 Å². The number of benzene rings is 1. The van der Waals surface area contributed by atoms with Crippen LogP contribution in [-0.2, 0) is 0 Å². The lowest BCUT2D eigenvalue weighted by atomic mass is 10.0. The Balaban J connectivity index is 2.53. The Hall–Kier alpha value is -2.15. The number of nitrogens with zero attached hydrogens (tertiary/aromatic N) is 1. The van der Waals surface area contributed by atoms with Gasteiger partial charge >= 0.3 is 0 Å². The van der Waals surface area contributed by atoms with Gasteiger partial charge in [0.25, 0.3) is 5.69 Å². The van der Waals surface area contributed by atoms with Gasteiger partial charge in [0.15, 0.2) is 5.11 Å². The lowest BCUT2D eigenvalue weighted by molar-refractivity contribution is -0.384. The summed E-state index contributed by atoms with van der Waals surface area (Å²) in [5.41, 5.74) is 5.74. The number of nitrogens with one attached hydrogen (secondary N) is 1. The van der Waals surface area contributed by atoms with Crippen molar-refractivity contribution < 1.29 is 9.66 Å². The van der Waals surface area contributed by atoms with Crippen LogP contribution in [0.4, 0.5) is 11.4 Å². The van der Waals surface area contributed by atoms with E-state index in [1.54, 1.807) is 6.07 Å². The molecule has 0 atom stereocenters. The van der Waals surface area contributed by atoms with Gasteiger partial charge in [-0.05, 0) is 38.2 Å². The van der Waals surface area contributed by atoms with E-state index in [1.165, 1.54) is 6.07 Å². The van der Waals surface area contributed by atoms with E-state index in [0.29, 0.717) is 5.75 Å². The average Bonchev–Trinajstić information content (AvgIpc) is 2.26. The Bertz CT molecular complexity index is 596. The second-order valence-electron chi connectivity index (χ2n) is 4.69. The van der Waals surface area contributed by atoms with Crippen molar-refractivity contribution in [1.29, 1.82) is 0 Å². The van der Waals surface area contributed by atoms with Crippen LogP contribution in [0.1, 0.15) is 19.4 Å². The van der Waals surface area contributed by atoms with E-state index in [1.807, 2.05) is 26.0 Å². The van der Waals surface area contributed by atoms with Crippen molar-refractivity contribution in [2.45, 2.75) is 19.4 Å². The molecule has 0 amide bonds. The van der Waals surface area contributed by atoms with Gasteiger partial charge < -0.3 is 15.8 Å². The molecule has 2 rings (SSSR count). The highest BCUT2D eigenvalue weighted by atomic mass is 32.1. The molecule has 3 N–H and O–H groups in total. The highest BCUT2D eigenvalue weighted by molar-refractivity contribution is 7.80. The third-order valence-corrected chi connectivity index (χ3v) is 2.72. The number of thiocarbonyl (C=S) groups is 1. The minimum atomic E-state index is -0.504. The number of ether oxygens (including phenoxy) is 1. The standard InChI is InChI=1S/C12H13N3O3S/c1-12(2)4-3-7-5-8(14-11(13)19)9(15(16)17)6-10(7)18-12/h3-6H,1-2H3,(H3,13,14,19). The summed E-state index contributed by atoms with van der Waals surface area (Å²) in [5, 5.41) is 13.6. The van der Waals surface area contributed by atoms with E-state index < -0.39 is 10.5 Å². The topological polar surface area (TPSA) is 90.4 Å². The normalized spacial score (nSPS) is 15.3. The number of anilines is 1. The molecule has 1 aliphatic rings. The zero-order valence-corrected chi connectivity index (χ0v) is 11.3. The molecule has 7 heteroatoms. The van der Waals surface area contributed by atoms with Crippen LogP contribution in [0.2, 0.25) is 0 Å². The fraction of sp³-hybridized carbons (Fsp3) is 0.250. The second-order valence-corrected chi connectivity index (χ2v) is 5.13. The molecule has 19 heavy (non-hydrogen) atoms. The van der Waals surface area contributed by atoms with E-state index in [0.717, 1.165) is 5.56 Å². The maximum atomic E-state index is 11.1. The number of nitro benzene ring substituents is 1. The van der Waals surface area contributed by atoms with Gasteiger partial charge in [-0.3, -0.25) is 10.1 Å². The zero-order valence-electron chi connectivity index (χ0n) is 10.5. The first-order chi connectivity index (χ1) is 8.78. The number of nitrogens with two attached hydrogens (primary N) is 1. The molecular weight excluding hydrogens is 266 g/mol. The first-order valence-electron chi connectivity index (χ1n) is 5.56. The Morgan fingerprint density at radius 2 is 2.21 bits per heavy atom. The zero-order chi connectivity index (χ0) is 14.2. The van der Waals surface area contributed by atoms with E-state index >= 15 is 0 Å². The summed E-state index contributed by atoms with van der Waals surface area (Å²) < 4.78 is 5.69. The lowest BCUT2D eigenvalue weighted by Crippen LogP contribution is -2.27. The first kappa shape index (κ1) is 13.3. The Kier molecular flexibility index (Phi) is 3.15. The molecular formula is C12H13N3O3S. The van der Waals surface area contributed by atoms with Crippen molar-refractivity contribution in [3.63, 3.8) is 0 Å². The van der Waals surface area contributed by atoms with Gasteiger partial charge in [0.1, 0.15) is 17.0 Å². The number of fused-ring (bicyclic) bond motifs is 1. The molecule has 0 bridgehead atoms. The van der Waals surface area contributed by atoms with Crippen LogP contribution < -0.4 is 15.8 Å². The molecule has 100 valence electrons. The molecule has 1 aromatic carbocycles. The van der Waals surface area contributed by atoms with Crippen LogP contribution in [0.3, 0.4) is 0 Å². The monoisotopic (exact) mass is 279 g/mol. The maximum Gasteiger partial charge on any atom is 0.296 e. The maximum absolute atomic E-state index is 11.1. The molecule has 1 aromatic rings. The van der Waals surface area contributed by atoms with Crippen LogP contribution in [0.25, 0.3) is 6.08 Å². The fourth-order valence-corrected chi connectivity index (χ4v) is 1.91. The molecule has 1 aliphatic heterocycles. The molecule has 0 unspecified atom stereocenters. The summed E-state index contributed by atoms with van der Waals surface area (Å²) in [5.74, 6) is 0.465. The van der Waals surface area contributed by atoms with Crippen molar-refractivity contribution in [2.75, 3.05) is 5.32 Å². The molecule has 0 spiro atoms. The summed E-state index contributed by atoms with van der Waals surface area (Å²) in [7, 11) is 0. The van der Waals surface area contributed by atoms with Crippen molar-refractivity contribution in [1.82, 2.24) is 0 Å². The minimum Gasteiger partial charge on any atom is -0.483 e. The third kappa shape index (κ3) is 2.82. The molecule has 6 nitrogen and oxygen atoms in total. The van der Waals surface area contributed by atoms with E-state index in [2.05, 4.69) is 5.32 Å². The number of hydrogen-bond donors (Lipinski definition) is 2. The van der Waals surface area contributed by atoms with Crippen molar-refractivity contribution in [3.05, 3.63) is 33.9 Å². The SMILES string of the molecule is CC1(C)C=Cc2cc(NC(N)=S)c([N+](=O)[O-])cc2O1. The Morgan fingerprint density at radius 3 is 2.79 bits per heavy atom. The van der Waals surface area contributed by atoms with Gasteiger partial charge in [-0.1, -0.05) is 6.08 Å². The summed E-state index contributed by atoms with van der Waals surface area (Å²) >= 11 is 4.71. The molecule has 0 aromatic heterocycles. The highest BCUT2D eigenvalue weighted by Gasteiger charge is 2.26. The molecule has 1 heterocycles. The van der Waals surface area contributed by atoms with Crippen LogP contribution >= 0.6 is 12.2 Å². The summed E-state index contributed by atoms with van der Waals surface area (Å²) in [6, 6.07) is 2.97. The molecule has 0 saturated carbocycles. The summed E-state index contributed by atoms with van der Waals surface area (Å²) in [6.07, 6.45) is 3.74. The van der Waals surface area contributed by atoms with E-state index in [4.69, 9.17) is 22.7 Å². The number of nitro groups is 1. The van der Waals surface area contributed by atoms with E-state index in [9.17, 15) is 10.1 Å². The van der Waals surface area contributed by atoms with Gasteiger partial charge in [0.05, 0.1) is 11.0 Å². The van der Waals surface area contributed by atoms with Crippen molar-refractivity contribution in [2.24, 2.45) is 5.73 Å². The predicted molar refractivity (Wildman–Crippen MR) is 77.2 cm³/mol. The smallest absolute Gasteiger partial charge is 0.296 e. The van der Waals surface area contributed by atoms with Crippen LogP contribution in [0, 0.1) is 10.1 Å². The van der Waals surface area contributed by atoms with Gasteiger partial charge in [-0.2, -0.15) is 0 Å². The first-order valence-corrected chi connectivity index (χ1v) is 5.96. The second kappa shape index (κ2) is 4.51. The molecule has 0 aliphatic carbocycles. The van der Waals surface area contributed by atoms with Crippen LogP contribution in [-0.4, -0.2) is 15.6 Å². The van der Waals surface area contributed by atoms with Gasteiger partial charge in [-0.15, -0.1) is 0 Å². The van der Waals surface area contributed by atoms with Crippen molar-refractivity contribution >= 4 is 34.8 Å². The van der Waals surface area contributed by atoms with Crippen LogP contribution in [0.5, 0.6) is 5.75 Å². The minimum absolute atomic E-state index is 0.0240. The number of rotatable bonds is 2. The van der Waals surface area contributed by atoms with Crippen LogP contribution in [0.15, 0.2) is 18.2 Å². The highest BCUT2D eigenvalue weighted by Crippen LogP contribution is 2.38. The average molecular weight is 279 g/mol. The Labute approximate surface area is 115 Å². The number of hydrogen-bond acceptors (Lipinski definition) is 4. The largest absolute Gasteiger partial charge is 0.483 e. The predicted octanol–water partition coefficient (Wildman–Crippen LogP) is 2.43. The lowest BCUT2D eigenvalue weighted by Gasteiger charge is -2.27. The quantitative estimate of drug-likeness (QED) is 0.491. The molecule has 0 radical (unpaired) electrons. The molecule has 0 fully saturated rings. The summed E-state index contributed by atoms with van der Waals surface area (Å²) in [6.45, 7) is 3.75. The fourth-order valence-electron chi connectivity index (χ4n) is 1.80.